The van der Waals surface area contributed by atoms with Gasteiger partial charge in [-0.1, -0.05) is 0 Å². The fourth-order valence-corrected chi connectivity index (χ4v) is 0.584. The third-order valence-corrected chi connectivity index (χ3v) is 1.06. The predicted molar refractivity (Wildman–Crippen MR) is 31.7 cm³/mol. The van der Waals surface area contributed by atoms with Crippen LogP contribution in [-0.2, 0) is 0 Å². The SMILES string of the molecule is COc1[c]ccc(F)c1F. The van der Waals surface area contributed by atoms with Crippen molar-refractivity contribution in [3.05, 3.63) is 29.8 Å². The van der Waals surface area contributed by atoms with Crippen molar-refractivity contribution in [2.24, 2.45) is 0 Å². The maximum Gasteiger partial charge on any atom is 0.201 e. The van der Waals surface area contributed by atoms with E-state index < -0.39 is 11.6 Å². The minimum absolute atomic E-state index is 0.194. The van der Waals surface area contributed by atoms with Gasteiger partial charge >= 0.3 is 0 Å². The summed E-state index contributed by atoms with van der Waals surface area (Å²) in [6, 6.07) is 4.64. The summed E-state index contributed by atoms with van der Waals surface area (Å²) in [5, 5.41) is 0. The van der Waals surface area contributed by atoms with Crippen molar-refractivity contribution in [3.63, 3.8) is 0 Å². The fraction of sp³-hybridized carbons (Fsp3) is 0.143. The van der Waals surface area contributed by atoms with Gasteiger partial charge in [-0.2, -0.15) is 4.39 Å². The van der Waals surface area contributed by atoms with Gasteiger partial charge in [0.05, 0.1) is 7.11 Å². The Morgan fingerprint density at radius 3 is 2.70 bits per heavy atom. The molecule has 3 heteroatoms. The summed E-state index contributed by atoms with van der Waals surface area (Å²) in [4.78, 5) is 0. The monoisotopic (exact) mass is 143 g/mol. The highest BCUT2D eigenvalue weighted by atomic mass is 19.2. The van der Waals surface area contributed by atoms with Gasteiger partial charge in [0.1, 0.15) is 0 Å². The molecule has 1 rings (SSSR count). The van der Waals surface area contributed by atoms with Gasteiger partial charge in [-0.05, 0) is 12.1 Å². The lowest BCUT2D eigenvalue weighted by Crippen LogP contribution is -1.90. The van der Waals surface area contributed by atoms with Crippen molar-refractivity contribution in [2.45, 2.75) is 0 Å². The van der Waals surface area contributed by atoms with E-state index >= 15 is 0 Å². The molecular weight excluding hydrogens is 138 g/mol. The third-order valence-electron chi connectivity index (χ3n) is 1.06. The highest BCUT2D eigenvalue weighted by Gasteiger charge is 2.06. The molecule has 1 nitrogen and oxygen atoms in total. The van der Waals surface area contributed by atoms with E-state index in [-0.39, 0.29) is 5.75 Å². The molecule has 0 N–H and O–H groups in total. The summed E-state index contributed by atoms with van der Waals surface area (Å²) in [5.41, 5.74) is 0. The van der Waals surface area contributed by atoms with Gasteiger partial charge in [0.15, 0.2) is 11.6 Å². The number of rotatable bonds is 1. The van der Waals surface area contributed by atoms with Gasteiger partial charge in [-0.25, -0.2) is 4.39 Å². The molecule has 0 bridgehead atoms. The Morgan fingerprint density at radius 1 is 1.50 bits per heavy atom. The second-order valence-electron chi connectivity index (χ2n) is 1.67. The molecule has 10 heavy (non-hydrogen) atoms. The maximum atomic E-state index is 12.5. The lowest BCUT2D eigenvalue weighted by molar-refractivity contribution is 0.371. The highest BCUT2D eigenvalue weighted by molar-refractivity contribution is 5.23. The quantitative estimate of drug-likeness (QED) is 0.582. The third kappa shape index (κ3) is 1.07. The Bertz CT molecular complexity index is 235. The Labute approximate surface area is 57.2 Å². The van der Waals surface area contributed by atoms with Gasteiger partial charge in [0.25, 0.3) is 0 Å². The van der Waals surface area contributed by atoms with Gasteiger partial charge in [0.2, 0.25) is 5.82 Å². The number of hydrogen-bond donors (Lipinski definition) is 0. The Kier molecular flexibility index (Phi) is 1.85. The van der Waals surface area contributed by atoms with E-state index in [1.807, 2.05) is 0 Å². The molecule has 0 fully saturated rings. The Balaban J connectivity index is 3.14. The maximum absolute atomic E-state index is 12.5. The first kappa shape index (κ1) is 6.99. The van der Waals surface area contributed by atoms with Crippen LogP contribution >= 0.6 is 0 Å². The van der Waals surface area contributed by atoms with Crippen molar-refractivity contribution in [1.29, 1.82) is 0 Å². The van der Waals surface area contributed by atoms with Crippen LogP contribution in [0.4, 0.5) is 8.78 Å². The summed E-state index contributed by atoms with van der Waals surface area (Å²) < 4.78 is 29.2. The summed E-state index contributed by atoms with van der Waals surface area (Å²) in [6.07, 6.45) is 0. The summed E-state index contributed by atoms with van der Waals surface area (Å²) in [7, 11) is 1.26. The summed E-state index contributed by atoms with van der Waals surface area (Å²) in [6.45, 7) is 0. The van der Waals surface area contributed by atoms with Crippen molar-refractivity contribution in [3.8, 4) is 5.75 Å². The predicted octanol–water partition coefficient (Wildman–Crippen LogP) is 1.77. The normalized spacial score (nSPS) is 9.50. The fourth-order valence-electron chi connectivity index (χ4n) is 0.584. The Hall–Kier alpha value is -1.12. The molecule has 0 saturated heterocycles. The first-order valence-corrected chi connectivity index (χ1v) is 2.65. The van der Waals surface area contributed by atoms with E-state index in [0.29, 0.717) is 0 Å². The summed E-state index contributed by atoms with van der Waals surface area (Å²) in [5.74, 6) is -2.11. The van der Waals surface area contributed by atoms with E-state index in [1.54, 1.807) is 0 Å². The topological polar surface area (TPSA) is 9.23 Å². The Morgan fingerprint density at radius 2 is 2.20 bits per heavy atom. The van der Waals surface area contributed by atoms with E-state index in [9.17, 15) is 8.78 Å². The van der Waals surface area contributed by atoms with E-state index in [4.69, 9.17) is 0 Å². The molecule has 53 valence electrons. The van der Waals surface area contributed by atoms with Gasteiger partial charge < -0.3 is 4.74 Å². The highest BCUT2D eigenvalue weighted by Crippen LogP contribution is 2.16. The van der Waals surface area contributed by atoms with Crippen LogP contribution in [0.2, 0.25) is 0 Å². The van der Waals surface area contributed by atoms with E-state index in [0.717, 1.165) is 6.07 Å². The molecular formula is C7H5F2O. The van der Waals surface area contributed by atoms with E-state index in [1.165, 1.54) is 13.2 Å². The minimum Gasteiger partial charge on any atom is -0.493 e. The van der Waals surface area contributed by atoms with Gasteiger partial charge in [-0.3, -0.25) is 0 Å². The molecule has 0 amide bonds. The van der Waals surface area contributed by atoms with Gasteiger partial charge in [0, 0.05) is 6.07 Å². The number of methoxy groups -OCH3 is 1. The molecule has 0 aliphatic rings. The zero-order chi connectivity index (χ0) is 7.56. The first-order chi connectivity index (χ1) is 4.75. The largest absolute Gasteiger partial charge is 0.493 e. The molecule has 1 aromatic rings. The molecule has 0 unspecified atom stereocenters. The molecule has 0 aromatic heterocycles. The first-order valence-electron chi connectivity index (χ1n) is 2.65. The van der Waals surface area contributed by atoms with Crippen LogP contribution in [0.25, 0.3) is 0 Å². The molecule has 0 heterocycles. The van der Waals surface area contributed by atoms with Crippen LogP contribution in [0.3, 0.4) is 0 Å². The standard InChI is InChI=1S/C7H5F2O/c1-10-6-4-2-3-5(8)7(6)9/h2-3H,1H3. The zero-order valence-corrected chi connectivity index (χ0v) is 5.32. The molecule has 1 aromatic carbocycles. The molecule has 0 spiro atoms. The van der Waals surface area contributed by atoms with Crippen molar-refractivity contribution >= 4 is 0 Å². The minimum atomic E-state index is -0.995. The molecule has 1 radical (unpaired) electrons. The van der Waals surface area contributed by atoms with E-state index in [2.05, 4.69) is 10.8 Å². The van der Waals surface area contributed by atoms with Crippen molar-refractivity contribution < 1.29 is 13.5 Å². The average Bonchev–Trinajstić information content (AvgIpc) is 1.95. The number of halogens is 2. The van der Waals surface area contributed by atoms with Crippen LogP contribution in [0.15, 0.2) is 12.1 Å². The van der Waals surface area contributed by atoms with Crippen LogP contribution in [0, 0.1) is 17.7 Å². The number of benzene rings is 1. The second-order valence-corrected chi connectivity index (χ2v) is 1.67. The van der Waals surface area contributed by atoms with Gasteiger partial charge in [-0.15, -0.1) is 0 Å². The molecule has 0 aliphatic heterocycles. The average molecular weight is 143 g/mol. The lowest BCUT2D eigenvalue weighted by Gasteiger charge is -1.98. The zero-order valence-electron chi connectivity index (χ0n) is 5.32. The lowest BCUT2D eigenvalue weighted by atomic mass is 10.3. The number of hydrogen-bond acceptors (Lipinski definition) is 1. The number of ether oxygens (including phenoxy) is 1. The molecule has 0 saturated carbocycles. The molecule has 0 aliphatic carbocycles. The van der Waals surface area contributed by atoms with Crippen LogP contribution < -0.4 is 4.74 Å². The smallest absolute Gasteiger partial charge is 0.201 e. The van der Waals surface area contributed by atoms with Crippen LogP contribution in [0.5, 0.6) is 5.75 Å². The van der Waals surface area contributed by atoms with Crippen molar-refractivity contribution in [2.75, 3.05) is 7.11 Å². The van der Waals surface area contributed by atoms with Crippen LogP contribution in [-0.4, -0.2) is 7.11 Å². The van der Waals surface area contributed by atoms with Crippen LogP contribution in [0.1, 0.15) is 0 Å². The van der Waals surface area contributed by atoms with Crippen molar-refractivity contribution in [1.82, 2.24) is 0 Å². The second kappa shape index (κ2) is 2.64. The summed E-state index contributed by atoms with van der Waals surface area (Å²) >= 11 is 0. The molecule has 0 atom stereocenters.